The number of rotatable bonds is 7. The maximum absolute atomic E-state index is 12.0. The maximum Gasteiger partial charge on any atom is 0.224 e. The molecular weight excluding hydrogens is 280 g/mol. The zero-order valence-corrected chi connectivity index (χ0v) is 12.8. The van der Waals surface area contributed by atoms with Gasteiger partial charge in [-0.1, -0.05) is 6.07 Å². The van der Waals surface area contributed by atoms with E-state index in [1.54, 1.807) is 38.6 Å². The van der Waals surface area contributed by atoms with Gasteiger partial charge in [-0.25, -0.2) is 0 Å². The Labute approximate surface area is 130 Å². The lowest BCUT2D eigenvalue weighted by Gasteiger charge is -2.10. The normalized spacial score (nSPS) is 10.1. The first-order chi connectivity index (χ1) is 10.7. The Hall–Kier alpha value is -2.56. The second kappa shape index (κ2) is 8.02. The van der Waals surface area contributed by atoms with Crippen LogP contribution in [0.5, 0.6) is 11.5 Å². The highest BCUT2D eigenvalue weighted by molar-refractivity contribution is 5.91. The molecule has 22 heavy (non-hydrogen) atoms. The summed E-state index contributed by atoms with van der Waals surface area (Å²) in [5.41, 5.74) is 1.84. The molecule has 116 valence electrons. The number of carbonyl (C=O) groups is 1. The standard InChI is InChI=1S/C17H20N2O3/c1-21-15-9-8-14(11-16(15)22-2)19-17(20)7-3-5-13-6-4-10-18-12-13/h4,6,8-12H,3,5,7H2,1-2H3,(H,19,20). The lowest BCUT2D eigenvalue weighted by molar-refractivity contribution is -0.116. The minimum atomic E-state index is -0.0175. The Kier molecular flexibility index (Phi) is 5.77. The Morgan fingerprint density at radius 1 is 1.18 bits per heavy atom. The lowest BCUT2D eigenvalue weighted by Crippen LogP contribution is -2.11. The summed E-state index contributed by atoms with van der Waals surface area (Å²) in [5.74, 6) is 1.21. The quantitative estimate of drug-likeness (QED) is 0.853. The largest absolute Gasteiger partial charge is 0.493 e. The molecule has 0 radical (unpaired) electrons. The number of nitrogens with zero attached hydrogens (tertiary/aromatic N) is 1. The molecule has 0 aliphatic rings. The average Bonchev–Trinajstić information content (AvgIpc) is 2.55. The Morgan fingerprint density at radius 3 is 2.68 bits per heavy atom. The van der Waals surface area contributed by atoms with E-state index in [1.807, 2.05) is 18.3 Å². The zero-order valence-electron chi connectivity index (χ0n) is 12.8. The van der Waals surface area contributed by atoms with E-state index in [0.717, 1.165) is 18.4 Å². The van der Waals surface area contributed by atoms with E-state index in [4.69, 9.17) is 9.47 Å². The number of amides is 1. The van der Waals surface area contributed by atoms with Gasteiger partial charge >= 0.3 is 0 Å². The van der Waals surface area contributed by atoms with Gasteiger partial charge in [0.1, 0.15) is 0 Å². The van der Waals surface area contributed by atoms with Gasteiger partial charge in [-0.05, 0) is 36.6 Å². The molecule has 1 N–H and O–H groups in total. The van der Waals surface area contributed by atoms with Crippen LogP contribution in [0, 0.1) is 0 Å². The highest BCUT2D eigenvalue weighted by Crippen LogP contribution is 2.29. The number of aryl methyl sites for hydroxylation is 1. The van der Waals surface area contributed by atoms with Crippen molar-refractivity contribution in [2.75, 3.05) is 19.5 Å². The molecule has 0 aliphatic heterocycles. The van der Waals surface area contributed by atoms with Gasteiger partial charge in [0, 0.05) is 30.6 Å². The maximum atomic E-state index is 12.0. The van der Waals surface area contributed by atoms with Gasteiger partial charge in [0.2, 0.25) is 5.91 Å². The molecule has 5 nitrogen and oxygen atoms in total. The van der Waals surface area contributed by atoms with Crippen molar-refractivity contribution in [2.24, 2.45) is 0 Å². The van der Waals surface area contributed by atoms with E-state index in [9.17, 15) is 4.79 Å². The van der Waals surface area contributed by atoms with Crippen molar-refractivity contribution in [3.63, 3.8) is 0 Å². The summed E-state index contributed by atoms with van der Waals surface area (Å²) < 4.78 is 10.4. The van der Waals surface area contributed by atoms with Crippen molar-refractivity contribution in [1.29, 1.82) is 0 Å². The minimum absolute atomic E-state index is 0.0175. The van der Waals surface area contributed by atoms with E-state index in [1.165, 1.54) is 0 Å². The third kappa shape index (κ3) is 4.48. The van der Waals surface area contributed by atoms with Crippen molar-refractivity contribution in [3.05, 3.63) is 48.3 Å². The SMILES string of the molecule is COc1ccc(NC(=O)CCCc2cccnc2)cc1OC. The molecular formula is C17H20N2O3. The van der Waals surface area contributed by atoms with E-state index < -0.39 is 0 Å². The number of aromatic nitrogens is 1. The highest BCUT2D eigenvalue weighted by atomic mass is 16.5. The van der Waals surface area contributed by atoms with E-state index in [0.29, 0.717) is 23.6 Å². The van der Waals surface area contributed by atoms with Crippen LogP contribution in [0.25, 0.3) is 0 Å². The molecule has 0 atom stereocenters. The number of benzene rings is 1. The second-order valence-electron chi connectivity index (χ2n) is 4.83. The average molecular weight is 300 g/mol. The van der Waals surface area contributed by atoms with Gasteiger partial charge in [-0.15, -0.1) is 0 Å². The van der Waals surface area contributed by atoms with Crippen LogP contribution < -0.4 is 14.8 Å². The van der Waals surface area contributed by atoms with Crippen LogP contribution in [0.2, 0.25) is 0 Å². The molecule has 1 heterocycles. The summed E-state index contributed by atoms with van der Waals surface area (Å²) in [6.45, 7) is 0. The predicted octanol–water partition coefficient (Wildman–Crippen LogP) is 3.06. The van der Waals surface area contributed by atoms with Crippen molar-refractivity contribution >= 4 is 11.6 Å². The molecule has 0 saturated heterocycles. The molecule has 1 amide bonds. The fraction of sp³-hybridized carbons (Fsp3) is 0.294. The Bertz CT molecular complexity index is 615. The zero-order chi connectivity index (χ0) is 15.8. The molecule has 0 fully saturated rings. The lowest BCUT2D eigenvalue weighted by atomic mass is 10.1. The Morgan fingerprint density at radius 2 is 2.00 bits per heavy atom. The van der Waals surface area contributed by atoms with Crippen molar-refractivity contribution < 1.29 is 14.3 Å². The first-order valence-corrected chi connectivity index (χ1v) is 7.13. The van der Waals surface area contributed by atoms with Gasteiger partial charge in [-0.3, -0.25) is 9.78 Å². The second-order valence-corrected chi connectivity index (χ2v) is 4.83. The molecule has 0 aliphatic carbocycles. The fourth-order valence-electron chi connectivity index (χ4n) is 2.14. The predicted molar refractivity (Wildman–Crippen MR) is 85.4 cm³/mol. The third-order valence-corrected chi connectivity index (χ3v) is 3.26. The van der Waals surface area contributed by atoms with E-state index in [-0.39, 0.29) is 5.91 Å². The van der Waals surface area contributed by atoms with Crippen molar-refractivity contribution in [3.8, 4) is 11.5 Å². The summed E-state index contributed by atoms with van der Waals surface area (Å²) in [6, 6.07) is 9.22. The van der Waals surface area contributed by atoms with Crippen LogP contribution >= 0.6 is 0 Å². The monoisotopic (exact) mass is 300 g/mol. The molecule has 0 saturated carbocycles. The van der Waals surface area contributed by atoms with Crippen LogP contribution in [0.15, 0.2) is 42.7 Å². The van der Waals surface area contributed by atoms with Gasteiger partial charge in [0.25, 0.3) is 0 Å². The van der Waals surface area contributed by atoms with Crippen molar-refractivity contribution in [2.45, 2.75) is 19.3 Å². The van der Waals surface area contributed by atoms with Crippen LogP contribution in [0.4, 0.5) is 5.69 Å². The smallest absolute Gasteiger partial charge is 0.224 e. The fourth-order valence-corrected chi connectivity index (χ4v) is 2.14. The number of pyridine rings is 1. The molecule has 5 heteroatoms. The Balaban J connectivity index is 1.84. The molecule has 0 spiro atoms. The summed E-state index contributed by atoms with van der Waals surface area (Å²) in [4.78, 5) is 16.0. The molecule has 0 bridgehead atoms. The number of nitrogens with one attached hydrogen (secondary N) is 1. The van der Waals surface area contributed by atoms with Crippen LogP contribution in [0.3, 0.4) is 0 Å². The molecule has 2 rings (SSSR count). The molecule has 1 aromatic heterocycles. The summed E-state index contributed by atoms with van der Waals surface area (Å²) >= 11 is 0. The van der Waals surface area contributed by atoms with Gasteiger partial charge in [0.05, 0.1) is 14.2 Å². The summed E-state index contributed by atoms with van der Waals surface area (Å²) in [5, 5.41) is 2.86. The first-order valence-electron chi connectivity index (χ1n) is 7.13. The molecule has 0 unspecified atom stereocenters. The minimum Gasteiger partial charge on any atom is -0.493 e. The van der Waals surface area contributed by atoms with Crippen LogP contribution in [0.1, 0.15) is 18.4 Å². The number of anilines is 1. The number of hydrogen-bond acceptors (Lipinski definition) is 4. The number of carbonyl (C=O) groups excluding carboxylic acids is 1. The van der Waals surface area contributed by atoms with Crippen molar-refractivity contribution in [1.82, 2.24) is 4.98 Å². The number of hydrogen-bond donors (Lipinski definition) is 1. The topological polar surface area (TPSA) is 60.5 Å². The highest BCUT2D eigenvalue weighted by Gasteiger charge is 2.07. The third-order valence-electron chi connectivity index (χ3n) is 3.26. The van der Waals surface area contributed by atoms with Gasteiger partial charge in [-0.2, -0.15) is 0 Å². The summed E-state index contributed by atoms with van der Waals surface area (Å²) in [6.07, 6.45) is 5.65. The first kappa shape index (κ1) is 15.8. The van der Waals surface area contributed by atoms with Crippen LogP contribution in [-0.4, -0.2) is 25.1 Å². The molecule has 1 aromatic carbocycles. The van der Waals surface area contributed by atoms with E-state index in [2.05, 4.69) is 10.3 Å². The number of methoxy groups -OCH3 is 2. The molecule has 2 aromatic rings. The summed E-state index contributed by atoms with van der Waals surface area (Å²) in [7, 11) is 3.14. The van der Waals surface area contributed by atoms with E-state index >= 15 is 0 Å². The van der Waals surface area contributed by atoms with Gasteiger partial charge in [0.15, 0.2) is 11.5 Å². The van der Waals surface area contributed by atoms with Gasteiger partial charge < -0.3 is 14.8 Å². The van der Waals surface area contributed by atoms with Crippen LogP contribution in [-0.2, 0) is 11.2 Å². The number of ether oxygens (including phenoxy) is 2.